The molecule has 0 aliphatic rings. The van der Waals surface area contributed by atoms with Gasteiger partial charge in [0.15, 0.2) is 0 Å². The molecule has 0 spiro atoms. The van der Waals surface area contributed by atoms with E-state index in [0.717, 1.165) is 0 Å². The van der Waals surface area contributed by atoms with Gasteiger partial charge in [0.25, 0.3) is 10.0 Å². The summed E-state index contributed by atoms with van der Waals surface area (Å²) in [5.41, 5.74) is 7.12. The van der Waals surface area contributed by atoms with Crippen LogP contribution in [0.25, 0.3) is 0 Å². The molecule has 0 aliphatic heterocycles. The lowest BCUT2D eigenvalue weighted by Gasteiger charge is -2.22. The molecule has 112 valence electrons. The van der Waals surface area contributed by atoms with Crippen molar-refractivity contribution >= 4 is 16.1 Å². The summed E-state index contributed by atoms with van der Waals surface area (Å²) in [6.45, 7) is 7.16. The summed E-state index contributed by atoms with van der Waals surface area (Å²) in [4.78, 5) is 12.4. The Hall–Kier alpha value is -1.80. The molecule has 0 aromatic heterocycles. The van der Waals surface area contributed by atoms with Crippen LogP contribution in [-0.2, 0) is 15.4 Å². The second-order valence-electron chi connectivity index (χ2n) is 5.48. The zero-order chi connectivity index (χ0) is 15.7. The summed E-state index contributed by atoms with van der Waals surface area (Å²) in [7, 11) is -3.95. The molecular formula is C12H19N3O4S. The van der Waals surface area contributed by atoms with Crippen LogP contribution < -0.4 is 16.0 Å². The van der Waals surface area contributed by atoms with E-state index in [-0.39, 0.29) is 10.6 Å². The maximum absolute atomic E-state index is 12.0. The van der Waals surface area contributed by atoms with Crippen molar-refractivity contribution in [1.82, 2.24) is 10.3 Å². The number of benzene rings is 1. The second kappa shape index (κ2) is 5.29. The Morgan fingerprint density at radius 1 is 1.30 bits per heavy atom. The Balaban J connectivity index is 3.34. The largest absolute Gasteiger partial charge is 0.507 e. The Morgan fingerprint density at radius 3 is 2.30 bits per heavy atom. The molecule has 1 aromatic rings. The van der Waals surface area contributed by atoms with Gasteiger partial charge in [0.2, 0.25) is 0 Å². The van der Waals surface area contributed by atoms with Gasteiger partial charge in [-0.15, -0.1) is 4.83 Å². The summed E-state index contributed by atoms with van der Waals surface area (Å²) in [5, 5.41) is 10.0. The molecule has 0 atom stereocenters. The van der Waals surface area contributed by atoms with E-state index in [4.69, 9.17) is 5.73 Å². The molecule has 0 saturated carbocycles. The maximum atomic E-state index is 12.0. The zero-order valence-electron chi connectivity index (χ0n) is 11.8. The number of nitrogens with two attached hydrogens (primary N) is 1. The molecule has 0 aliphatic carbocycles. The lowest BCUT2D eigenvalue weighted by molar-refractivity contribution is 0.247. The molecule has 2 amide bonds. The van der Waals surface area contributed by atoms with Crippen LogP contribution in [0.5, 0.6) is 5.75 Å². The van der Waals surface area contributed by atoms with E-state index in [9.17, 15) is 18.3 Å². The fourth-order valence-electron chi connectivity index (χ4n) is 1.65. The summed E-state index contributed by atoms with van der Waals surface area (Å²) >= 11 is 0. The van der Waals surface area contributed by atoms with Crippen molar-refractivity contribution in [2.75, 3.05) is 0 Å². The van der Waals surface area contributed by atoms with Crippen molar-refractivity contribution in [2.24, 2.45) is 5.73 Å². The molecule has 0 heterocycles. The first-order chi connectivity index (χ1) is 8.95. The van der Waals surface area contributed by atoms with Gasteiger partial charge in [0.05, 0.1) is 4.90 Å². The summed E-state index contributed by atoms with van der Waals surface area (Å²) in [6, 6.07) is 1.67. The van der Waals surface area contributed by atoms with Gasteiger partial charge in [-0.1, -0.05) is 20.8 Å². The number of carbonyl (C=O) groups excluding carboxylic acids is 1. The number of hydrazine groups is 1. The maximum Gasteiger partial charge on any atom is 0.327 e. The lowest BCUT2D eigenvalue weighted by Crippen LogP contribution is -2.44. The first kappa shape index (κ1) is 16.3. The number of rotatable bonds is 3. The minimum atomic E-state index is -3.95. The molecule has 0 bridgehead atoms. The molecule has 0 saturated heterocycles. The topological polar surface area (TPSA) is 122 Å². The smallest absolute Gasteiger partial charge is 0.327 e. The van der Waals surface area contributed by atoms with Crippen LogP contribution >= 0.6 is 0 Å². The van der Waals surface area contributed by atoms with Crippen LogP contribution in [0.3, 0.4) is 0 Å². The SMILES string of the molecule is Cc1cc(S(=O)(=O)NNC(N)=O)cc(C(C)(C)C)c1O. The number of phenolic OH excluding ortho intramolecular Hbond substituents is 1. The van der Waals surface area contributed by atoms with Crippen molar-refractivity contribution < 1.29 is 18.3 Å². The number of nitrogens with one attached hydrogen (secondary N) is 2. The summed E-state index contributed by atoms with van der Waals surface area (Å²) in [5.74, 6) is 0.0549. The van der Waals surface area contributed by atoms with Gasteiger partial charge >= 0.3 is 6.03 Å². The van der Waals surface area contributed by atoms with E-state index in [1.807, 2.05) is 31.0 Å². The van der Waals surface area contributed by atoms with Crippen LogP contribution in [0, 0.1) is 6.92 Å². The van der Waals surface area contributed by atoms with Gasteiger partial charge in [-0.2, -0.15) is 0 Å². The molecule has 1 rings (SSSR count). The fraction of sp³-hybridized carbons (Fsp3) is 0.417. The fourth-order valence-corrected chi connectivity index (χ4v) is 2.61. The predicted molar refractivity (Wildman–Crippen MR) is 74.6 cm³/mol. The average molecular weight is 301 g/mol. The minimum Gasteiger partial charge on any atom is -0.507 e. The number of primary amides is 1. The number of phenols is 1. The van der Waals surface area contributed by atoms with Crippen LogP contribution in [0.4, 0.5) is 4.79 Å². The number of aromatic hydroxyl groups is 1. The minimum absolute atomic E-state index is 0.0549. The third kappa shape index (κ3) is 3.61. The second-order valence-corrected chi connectivity index (χ2v) is 7.16. The highest BCUT2D eigenvalue weighted by atomic mass is 32.2. The van der Waals surface area contributed by atoms with E-state index in [0.29, 0.717) is 11.1 Å². The third-order valence-electron chi connectivity index (χ3n) is 2.70. The first-order valence-electron chi connectivity index (χ1n) is 5.86. The van der Waals surface area contributed by atoms with Crippen molar-refractivity contribution in [3.05, 3.63) is 23.3 Å². The Labute approximate surface area is 118 Å². The molecule has 1 aromatic carbocycles. The number of amides is 2. The number of carbonyl (C=O) groups is 1. The highest BCUT2D eigenvalue weighted by Crippen LogP contribution is 2.35. The van der Waals surface area contributed by atoms with Gasteiger partial charge in [-0.3, -0.25) is 5.43 Å². The Bertz CT molecular complexity index is 633. The van der Waals surface area contributed by atoms with Gasteiger partial charge in [-0.05, 0) is 30.0 Å². The van der Waals surface area contributed by atoms with E-state index in [1.54, 1.807) is 6.92 Å². The number of hydrogen-bond acceptors (Lipinski definition) is 4. The third-order valence-corrected chi connectivity index (χ3v) is 3.93. The molecule has 5 N–H and O–H groups in total. The van der Waals surface area contributed by atoms with E-state index >= 15 is 0 Å². The van der Waals surface area contributed by atoms with E-state index in [2.05, 4.69) is 0 Å². The van der Waals surface area contributed by atoms with Gasteiger partial charge in [0, 0.05) is 5.56 Å². The van der Waals surface area contributed by atoms with Crippen molar-refractivity contribution in [3.63, 3.8) is 0 Å². The van der Waals surface area contributed by atoms with Crippen LogP contribution in [0.15, 0.2) is 17.0 Å². The lowest BCUT2D eigenvalue weighted by atomic mass is 9.85. The predicted octanol–water partition coefficient (Wildman–Crippen LogP) is 0.860. The highest BCUT2D eigenvalue weighted by molar-refractivity contribution is 7.89. The average Bonchev–Trinajstić information content (AvgIpc) is 2.28. The molecule has 8 heteroatoms. The molecule has 20 heavy (non-hydrogen) atoms. The Kier molecular flexibility index (Phi) is 4.30. The zero-order valence-corrected chi connectivity index (χ0v) is 12.6. The number of hydrogen-bond donors (Lipinski definition) is 4. The summed E-state index contributed by atoms with van der Waals surface area (Å²) in [6.07, 6.45) is 0. The van der Waals surface area contributed by atoms with Crippen molar-refractivity contribution in [2.45, 2.75) is 38.0 Å². The van der Waals surface area contributed by atoms with E-state index in [1.165, 1.54) is 12.1 Å². The van der Waals surface area contributed by atoms with Crippen LogP contribution in [0.2, 0.25) is 0 Å². The van der Waals surface area contributed by atoms with Gasteiger partial charge < -0.3 is 10.8 Å². The number of aryl methyl sites for hydroxylation is 1. The normalized spacial score (nSPS) is 12.2. The number of urea groups is 1. The van der Waals surface area contributed by atoms with Gasteiger partial charge in [0.1, 0.15) is 5.75 Å². The number of sulfonamides is 1. The van der Waals surface area contributed by atoms with Crippen LogP contribution in [0.1, 0.15) is 31.9 Å². The highest BCUT2D eigenvalue weighted by Gasteiger charge is 2.24. The Morgan fingerprint density at radius 2 is 1.85 bits per heavy atom. The molecular weight excluding hydrogens is 282 g/mol. The standard InChI is InChI=1S/C12H19N3O4S/c1-7-5-8(20(18,19)15-14-11(13)17)6-9(10(7)16)12(2,3)4/h5-6,15-16H,1-4H3,(H3,13,14,17). The molecule has 7 nitrogen and oxygen atoms in total. The molecule has 0 fully saturated rings. The molecule has 0 unspecified atom stereocenters. The first-order valence-corrected chi connectivity index (χ1v) is 7.35. The van der Waals surface area contributed by atoms with Gasteiger partial charge in [-0.25, -0.2) is 13.2 Å². The quantitative estimate of drug-likeness (QED) is 0.618. The van der Waals surface area contributed by atoms with Crippen molar-refractivity contribution in [1.29, 1.82) is 0 Å². The monoisotopic (exact) mass is 301 g/mol. The van der Waals surface area contributed by atoms with Crippen molar-refractivity contribution in [3.8, 4) is 5.75 Å². The summed E-state index contributed by atoms with van der Waals surface area (Å²) < 4.78 is 24.0. The van der Waals surface area contributed by atoms with Crippen LogP contribution in [-0.4, -0.2) is 19.6 Å². The molecule has 0 radical (unpaired) electrons. The van der Waals surface area contributed by atoms with E-state index < -0.39 is 21.5 Å².